The van der Waals surface area contributed by atoms with Gasteiger partial charge in [-0.05, 0) is 6.07 Å². The molecule has 0 bridgehead atoms. The van der Waals surface area contributed by atoms with Gasteiger partial charge in [0.25, 0.3) is 0 Å². The Morgan fingerprint density at radius 3 is 2.84 bits per heavy atom. The Balaban J connectivity index is 2.58. The number of methoxy groups -OCH3 is 2. The summed E-state index contributed by atoms with van der Waals surface area (Å²) >= 11 is 6.03. The molecule has 0 aliphatic rings. The van der Waals surface area contributed by atoms with Gasteiger partial charge in [0.1, 0.15) is 5.15 Å². The number of pyridine rings is 1. The van der Waals surface area contributed by atoms with Crippen molar-refractivity contribution in [2.45, 2.75) is 13.0 Å². The molecule has 0 unspecified atom stereocenters. The minimum absolute atomic E-state index is 0.222. The number of esters is 1. The van der Waals surface area contributed by atoms with E-state index >= 15 is 0 Å². The molecule has 0 fully saturated rings. The van der Waals surface area contributed by atoms with Gasteiger partial charge >= 0.3 is 5.97 Å². The van der Waals surface area contributed by atoms with Gasteiger partial charge in [0.2, 0.25) is 0 Å². The second kappa shape index (κ2) is 8.85. The number of aromatic nitrogens is 1. The van der Waals surface area contributed by atoms with Gasteiger partial charge in [0, 0.05) is 38.5 Å². The van der Waals surface area contributed by atoms with Crippen molar-refractivity contribution in [3.8, 4) is 0 Å². The first-order chi connectivity index (χ1) is 9.17. The molecule has 0 saturated heterocycles. The molecule has 106 valence electrons. The number of nitrogens with zero attached hydrogens (tertiary/aromatic N) is 2. The first-order valence-electron chi connectivity index (χ1n) is 6.05. The van der Waals surface area contributed by atoms with Crippen LogP contribution in [0.15, 0.2) is 18.3 Å². The van der Waals surface area contributed by atoms with Crippen LogP contribution in [0.2, 0.25) is 5.15 Å². The molecule has 0 radical (unpaired) electrons. The molecule has 6 heteroatoms. The smallest absolute Gasteiger partial charge is 0.306 e. The molecule has 0 atom stereocenters. The Hall–Kier alpha value is -1.17. The maximum atomic E-state index is 11.2. The first kappa shape index (κ1) is 15.9. The van der Waals surface area contributed by atoms with Gasteiger partial charge in [0.05, 0.1) is 20.1 Å². The van der Waals surface area contributed by atoms with Gasteiger partial charge in [-0.2, -0.15) is 0 Å². The zero-order valence-electron chi connectivity index (χ0n) is 11.3. The topological polar surface area (TPSA) is 51.7 Å². The van der Waals surface area contributed by atoms with Crippen molar-refractivity contribution in [2.24, 2.45) is 0 Å². The molecular weight excluding hydrogens is 268 g/mol. The van der Waals surface area contributed by atoms with Crippen molar-refractivity contribution in [1.29, 1.82) is 0 Å². The third-order valence-corrected chi connectivity index (χ3v) is 3.04. The van der Waals surface area contributed by atoms with Gasteiger partial charge < -0.3 is 9.47 Å². The monoisotopic (exact) mass is 286 g/mol. The Bertz CT molecular complexity index is 401. The average molecular weight is 287 g/mol. The fourth-order valence-corrected chi connectivity index (χ4v) is 1.80. The number of hydrogen-bond donors (Lipinski definition) is 0. The summed E-state index contributed by atoms with van der Waals surface area (Å²) in [5.74, 6) is -0.222. The maximum absolute atomic E-state index is 11.2. The van der Waals surface area contributed by atoms with Gasteiger partial charge in [-0.25, -0.2) is 4.98 Å². The molecular formula is C13H19ClN2O3. The predicted molar refractivity (Wildman–Crippen MR) is 73.0 cm³/mol. The van der Waals surface area contributed by atoms with Gasteiger partial charge in [-0.1, -0.05) is 17.7 Å². The molecule has 5 nitrogen and oxygen atoms in total. The van der Waals surface area contributed by atoms with Crippen LogP contribution in [0.5, 0.6) is 0 Å². The van der Waals surface area contributed by atoms with Gasteiger partial charge in [-0.3, -0.25) is 9.69 Å². The lowest BCUT2D eigenvalue weighted by Crippen LogP contribution is -2.29. The van der Waals surface area contributed by atoms with Crippen LogP contribution in [0.3, 0.4) is 0 Å². The second-order valence-corrected chi connectivity index (χ2v) is 4.41. The van der Waals surface area contributed by atoms with Crippen molar-refractivity contribution in [3.05, 3.63) is 29.0 Å². The SMILES string of the molecule is COCCN(CCC(=O)OC)Cc1cccnc1Cl. The molecule has 0 aliphatic carbocycles. The van der Waals surface area contributed by atoms with E-state index in [9.17, 15) is 4.79 Å². The number of carbonyl (C=O) groups is 1. The standard InChI is InChI=1S/C13H19ClN2O3/c1-18-9-8-16(7-5-12(17)19-2)10-11-4-3-6-15-13(11)14/h3-4,6H,5,7-10H2,1-2H3. The lowest BCUT2D eigenvalue weighted by molar-refractivity contribution is -0.141. The third-order valence-electron chi connectivity index (χ3n) is 2.70. The first-order valence-corrected chi connectivity index (χ1v) is 6.42. The summed E-state index contributed by atoms with van der Waals surface area (Å²) in [5, 5.41) is 0.489. The highest BCUT2D eigenvalue weighted by molar-refractivity contribution is 6.30. The van der Waals surface area contributed by atoms with Crippen molar-refractivity contribution in [1.82, 2.24) is 9.88 Å². The summed E-state index contributed by atoms with van der Waals surface area (Å²) < 4.78 is 9.71. The van der Waals surface area contributed by atoms with Crippen molar-refractivity contribution in [2.75, 3.05) is 33.9 Å². The molecule has 0 N–H and O–H groups in total. The van der Waals surface area contributed by atoms with E-state index in [2.05, 4.69) is 14.6 Å². The minimum Gasteiger partial charge on any atom is -0.469 e. The van der Waals surface area contributed by atoms with E-state index in [1.165, 1.54) is 7.11 Å². The summed E-state index contributed by atoms with van der Waals surface area (Å²) in [6.45, 7) is 2.55. The molecule has 19 heavy (non-hydrogen) atoms. The quantitative estimate of drug-likeness (QED) is 0.538. The largest absolute Gasteiger partial charge is 0.469 e. The fourth-order valence-electron chi connectivity index (χ4n) is 1.62. The second-order valence-electron chi connectivity index (χ2n) is 4.05. The molecule has 0 saturated carbocycles. The molecule has 1 rings (SSSR count). The Morgan fingerprint density at radius 1 is 1.42 bits per heavy atom. The maximum Gasteiger partial charge on any atom is 0.306 e. The van der Waals surface area contributed by atoms with Crippen LogP contribution in [0.4, 0.5) is 0 Å². The van der Waals surface area contributed by atoms with E-state index in [0.29, 0.717) is 31.3 Å². The number of rotatable bonds is 8. The van der Waals surface area contributed by atoms with Crippen LogP contribution in [0.25, 0.3) is 0 Å². The number of carbonyl (C=O) groups excluding carboxylic acids is 1. The Labute approximate surface area is 118 Å². The van der Waals surface area contributed by atoms with E-state index in [0.717, 1.165) is 12.1 Å². The number of hydrogen-bond acceptors (Lipinski definition) is 5. The van der Waals surface area contributed by atoms with E-state index in [-0.39, 0.29) is 5.97 Å². The lowest BCUT2D eigenvalue weighted by Gasteiger charge is -2.21. The van der Waals surface area contributed by atoms with Crippen LogP contribution in [0, 0.1) is 0 Å². The van der Waals surface area contributed by atoms with Crippen molar-refractivity contribution in [3.63, 3.8) is 0 Å². The minimum atomic E-state index is -0.222. The van der Waals surface area contributed by atoms with Crippen LogP contribution >= 0.6 is 11.6 Å². The normalized spacial score (nSPS) is 10.7. The van der Waals surface area contributed by atoms with Crippen molar-refractivity contribution >= 4 is 17.6 Å². The molecule has 1 aromatic heterocycles. The average Bonchev–Trinajstić information content (AvgIpc) is 2.43. The predicted octanol–water partition coefficient (Wildman–Crippen LogP) is 1.75. The highest BCUT2D eigenvalue weighted by Crippen LogP contribution is 2.14. The van der Waals surface area contributed by atoms with Gasteiger partial charge in [-0.15, -0.1) is 0 Å². The lowest BCUT2D eigenvalue weighted by atomic mass is 10.2. The molecule has 1 aromatic rings. The number of halogens is 1. The van der Waals surface area contributed by atoms with Gasteiger partial charge in [0.15, 0.2) is 0 Å². The van der Waals surface area contributed by atoms with E-state index in [1.54, 1.807) is 13.3 Å². The fraction of sp³-hybridized carbons (Fsp3) is 0.538. The zero-order valence-corrected chi connectivity index (χ0v) is 12.0. The molecule has 0 amide bonds. The molecule has 0 spiro atoms. The zero-order chi connectivity index (χ0) is 14.1. The van der Waals surface area contributed by atoms with Crippen LogP contribution in [-0.4, -0.2) is 49.8 Å². The Morgan fingerprint density at radius 2 is 2.21 bits per heavy atom. The van der Waals surface area contributed by atoms with E-state index in [1.807, 2.05) is 12.1 Å². The van der Waals surface area contributed by atoms with Crippen LogP contribution in [0.1, 0.15) is 12.0 Å². The summed E-state index contributed by atoms with van der Waals surface area (Å²) in [6.07, 6.45) is 2.00. The third kappa shape index (κ3) is 6.00. The van der Waals surface area contributed by atoms with Crippen LogP contribution in [-0.2, 0) is 20.8 Å². The summed E-state index contributed by atoms with van der Waals surface area (Å²) in [4.78, 5) is 17.3. The van der Waals surface area contributed by atoms with E-state index in [4.69, 9.17) is 16.3 Å². The summed E-state index contributed by atoms with van der Waals surface area (Å²) in [5.41, 5.74) is 0.935. The molecule has 1 heterocycles. The highest BCUT2D eigenvalue weighted by Gasteiger charge is 2.11. The molecule has 0 aromatic carbocycles. The van der Waals surface area contributed by atoms with Crippen molar-refractivity contribution < 1.29 is 14.3 Å². The number of ether oxygens (including phenoxy) is 2. The van der Waals surface area contributed by atoms with E-state index < -0.39 is 0 Å². The summed E-state index contributed by atoms with van der Waals surface area (Å²) in [7, 11) is 3.04. The molecule has 0 aliphatic heterocycles. The van der Waals surface area contributed by atoms with Crippen LogP contribution < -0.4 is 0 Å². The summed E-state index contributed by atoms with van der Waals surface area (Å²) in [6, 6.07) is 3.77. The Kier molecular flexibility index (Phi) is 7.40. The highest BCUT2D eigenvalue weighted by atomic mass is 35.5.